The maximum Gasteiger partial charge on any atom is 0.253 e. The van der Waals surface area contributed by atoms with Gasteiger partial charge >= 0.3 is 0 Å². The quantitative estimate of drug-likeness (QED) is 0.775. The van der Waals surface area contributed by atoms with Crippen molar-refractivity contribution in [2.45, 2.75) is 19.4 Å². The highest BCUT2D eigenvalue weighted by molar-refractivity contribution is 6.00. The number of anilines is 1. The van der Waals surface area contributed by atoms with Crippen LogP contribution in [0.4, 0.5) is 5.69 Å². The molecular formula is C15H25N3O3. The molecule has 21 heavy (non-hydrogen) atoms. The standard InChI is InChI=1S/C15H25N3O3/c1-15(2,18(3)4)9-17-14(19)10-7-12(20-5)13(21-6)8-11(10)16/h7-8H,9,16H2,1-6H3,(H,17,19). The first-order valence-electron chi connectivity index (χ1n) is 6.70. The molecule has 0 aromatic heterocycles. The minimum Gasteiger partial charge on any atom is -0.493 e. The summed E-state index contributed by atoms with van der Waals surface area (Å²) in [7, 11) is 6.98. The summed E-state index contributed by atoms with van der Waals surface area (Å²) >= 11 is 0. The predicted octanol–water partition coefficient (Wildman–Crippen LogP) is 1.36. The molecule has 1 aromatic rings. The highest BCUT2D eigenvalue weighted by Gasteiger charge is 2.22. The Morgan fingerprint density at radius 3 is 2.24 bits per heavy atom. The number of nitrogen functional groups attached to an aromatic ring is 1. The molecule has 0 aliphatic heterocycles. The molecule has 0 aliphatic rings. The normalized spacial score (nSPS) is 11.4. The molecule has 1 aromatic carbocycles. The van der Waals surface area contributed by atoms with Gasteiger partial charge < -0.3 is 25.4 Å². The van der Waals surface area contributed by atoms with Crippen LogP contribution in [0.1, 0.15) is 24.2 Å². The van der Waals surface area contributed by atoms with Crippen molar-refractivity contribution >= 4 is 11.6 Å². The second-order valence-corrected chi connectivity index (χ2v) is 5.68. The Labute approximate surface area is 126 Å². The smallest absolute Gasteiger partial charge is 0.253 e. The lowest BCUT2D eigenvalue weighted by Crippen LogP contribution is -2.48. The van der Waals surface area contributed by atoms with Crippen LogP contribution >= 0.6 is 0 Å². The monoisotopic (exact) mass is 295 g/mol. The molecule has 6 nitrogen and oxygen atoms in total. The molecule has 0 fully saturated rings. The van der Waals surface area contributed by atoms with E-state index in [4.69, 9.17) is 15.2 Å². The summed E-state index contributed by atoms with van der Waals surface area (Å²) in [6.45, 7) is 4.60. The van der Waals surface area contributed by atoms with Crippen molar-refractivity contribution < 1.29 is 14.3 Å². The van der Waals surface area contributed by atoms with Gasteiger partial charge in [0.15, 0.2) is 11.5 Å². The molecule has 1 rings (SSSR count). The number of ether oxygens (including phenoxy) is 2. The molecular weight excluding hydrogens is 270 g/mol. The van der Waals surface area contributed by atoms with Gasteiger partial charge in [-0.1, -0.05) is 0 Å². The summed E-state index contributed by atoms with van der Waals surface area (Å²) in [5.41, 5.74) is 6.49. The van der Waals surface area contributed by atoms with E-state index in [0.717, 1.165) is 0 Å². The molecule has 3 N–H and O–H groups in total. The predicted molar refractivity (Wildman–Crippen MR) is 84.1 cm³/mol. The van der Waals surface area contributed by atoms with Crippen LogP contribution in [0.15, 0.2) is 12.1 Å². The van der Waals surface area contributed by atoms with Crippen molar-refractivity contribution in [2.75, 3.05) is 40.6 Å². The number of likely N-dealkylation sites (N-methyl/N-ethyl adjacent to an activating group) is 1. The van der Waals surface area contributed by atoms with Crippen molar-refractivity contribution in [1.29, 1.82) is 0 Å². The molecule has 0 radical (unpaired) electrons. The van der Waals surface area contributed by atoms with Crippen LogP contribution in [-0.4, -0.2) is 51.2 Å². The molecule has 0 saturated heterocycles. The maximum absolute atomic E-state index is 12.3. The number of benzene rings is 1. The number of hydrogen-bond donors (Lipinski definition) is 2. The van der Waals surface area contributed by atoms with Crippen LogP contribution in [0.5, 0.6) is 11.5 Å². The summed E-state index contributed by atoms with van der Waals surface area (Å²) < 4.78 is 10.4. The third-order valence-corrected chi connectivity index (χ3v) is 3.69. The average molecular weight is 295 g/mol. The minimum atomic E-state index is -0.233. The molecule has 1 amide bonds. The lowest BCUT2D eigenvalue weighted by Gasteiger charge is -2.32. The number of carbonyl (C=O) groups excluding carboxylic acids is 1. The first kappa shape index (κ1) is 17.1. The van der Waals surface area contributed by atoms with E-state index in [1.54, 1.807) is 12.1 Å². The number of carbonyl (C=O) groups is 1. The van der Waals surface area contributed by atoms with Gasteiger partial charge in [-0.05, 0) is 34.0 Å². The zero-order valence-electron chi connectivity index (χ0n) is 13.6. The molecule has 0 heterocycles. The fraction of sp³-hybridized carbons (Fsp3) is 0.533. The van der Waals surface area contributed by atoms with E-state index in [1.807, 2.05) is 32.8 Å². The van der Waals surface area contributed by atoms with E-state index < -0.39 is 0 Å². The highest BCUT2D eigenvalue weighted by atomic mass is 16.5. The van der Waals surface area contributed by atoms with Crippen LogP contribution in [-0.2, 0) is 0 Å². The number of nitrogens with one attached hydrogen (secondary N) is 1. The molecule has 0 spiro atoms. The SMILES string of the molecule is COc1cc(N)c(C(=O)NCC(C)(C)N(C)C)cc1OC. The number of nitrogens with zero attached hydrogens (tertiary/aromatic N) is 1. The zero-order chi connectivity index (χ0) is 16.2. The van der Waals surface area contributed by atoms with Gasteiger partial charge in [-0.15, -0.1) is 0 Å². The molecule has 0 bridgehead atoms. The number of nitrogens with two attached hydrogens (primary N) is 1. The third-order valence-electron chi connectivity index (χ3n) is 3.69. The van der Waals surface area contributed by atoms with Gasteiger partial charge in [-0.25, -0.2) is 0 Å². The average Bonchev–Trinajstić information content (AvgIpc) is 2.44. The molecule has 0 atom stereocenters. The van der Waals surface area contributed by atoms with Crippen molar-refractivity contribution in [1.82, 2.24) is 10.2 Å². The maximum atomic E-state index is 12.3. The van der Waals surface area contributed by atoms with Crippen molar-refractivity contribution in [3.05, 3.63) is 17.7 Å². The summed E-state index contributed by atoms with van der Waals surface area (Å²) in [5.74, 6) is 0.743. The molecule has 0 saturated carbocycles. The van der Waals surface area contributed by atoms with Crippen molar-refractivity contribution in [3.8, 4) is 11.5 Å². The highest BCUT2D eigenvalue weighted by Crippen LogP contribution is 2.31. The number of hydrogen-bond acceptors (Lipinski definition) is 5. The van der Waals surface area contributed by atoms with Crippen LogP contribution in [0.25, 0.3) is 0 Å². The Morgan fingerprint density at radius 1 is 1.24 bits per heavy atom. The Kier molecular flexibility index (Phi) is 5.43. The summed E-state index contributed by atoms with van der Waals surface area (Å²) in [4.78, 5) is 14.3. The van der Waals surface area contributed by atoms with E-state index in [-0.39, 0.29) is 11.4 Å². The number of methoxy groups -OCH3 is 2. The summed E-state index contributed by atoms with van der Waals surface area (Å²) in [6, 6.07) is 3.18. The van der Waals surface area contributed by atoms with Crippen molar-refractivity contribution in [3.63, 3.8) is 0 Å². The number of amides is 1. The third kappa shape index (κ3) is 4.01. The van der Waals surface area contributed by atoms with E-state index in [2.05, 4.69) is 5.32 Å². The van der Waals surface area contributed by atoms with Crippen LogP contribution in [0, 0.1) is 0 Å². The molecule has 0 unspecified atom stereocenters. The second kappa shape index (κ2) is 6.67. The second-order valence-electron chi connectivity index (χ2n) is 5.68. The summed E-state index contributed by atoms with van der Waals surface area (Å²) in [6.07, 6.45) is 0. The fourth-order valence-corrected chi connectivity index (χ4v) is 1.64. The molecule has 118 valence electrons. The molecule has 6 heteroatoms. The van der Waals surface area contributed by atoms with Crippen LogP contribution < -0.4 is 20.5 Å². The zero-order valence-corrected chi connectivity index (χ0v) is 13.6. The van der Waals surface area contributed by atoms with Gasteiger partial charge in [0.2, 0.25) is 0 Å². The van der Waals surface area contributed by atoms with Gasteiger partial charge in [0.25, 0.3) is 5.91 Å². The minimum absolute atomic E-state index is 0.152. The van der Waals surface area contributed by atoms with Gasteiger partial charge in [-0.2, -0.15) is 0 Å². The fourth-order valence-electron chi connectivity index (χ4n) is 1.64. The Bertz CT molecular complexity index is 513. The van der Waals surface area contributed by atoms with E-state index in [0.29, 0.717) is 29.3 Å². The number of rotatable bonds is 6. The van der Waals surface area contributed by atoms with Crippen LogP contribution in [0.3, 0.4) is 0 Å². The summed E-state index contributed by atoms with van der Waals surface area (Å²) in [5, 5.41) is 2.89. The Morgan fingerprint density at radius 2 is 1.76 bits per heavy atom. The van der Waals surface area contributed by atoms with E-state index in [1.165, 1.54) is 14.2 Å². The van der Waals surface area contributed by atoms with Gasteiger partial charge in [0, 0.05) is 23.8 Å². The Hall–Kier alpha value is -1.95. The largest absolute Gasteiger partial charge is 0.493 e. The van der Waals surface area contributed by atoms with Gasteiger partial charge in [-0.3, -0.25) is 4.79 Å². The van der Waals surface area contributed by atoms with E-state index in [9.17, 15) is 4.79 Å². The Balaban J connectivity index is 2.93. The van der Waals surface area contributed by atoms with Crippen molar-refractivity contribution in [2.24, 2.45) is 0 Å². The first-order chi connectivity index (χ1) is 9.72. The topological polar surface area (TPSA) is 76.8 Å². The lowest BCUT2D eigenvalue weighted by atomic mass is 10.0. The molecule has 0 aliphatic carbocycles. The van der Waals surface area contributed by atoms with Gasteiger partial charge in [0.1, 0.15) is 0 Å². The lowest BCUT2D eigenvalue weighted by molar-refractivity contribution is 0.0920. The van der Waals surface area contributed by atoms with E-state index >= 15 is 0 Å². The van der Waals surface area contributed by atoms with Gasteiger partial charge in [0.05, 0.1) is 19.8 Å². The first-order valence-corrected chi connectivity index (χ1v) is 6.70. The van der Waals surface area contributed by atoms with Crippen LogP contribution in [0.2, 0.25) is 0 Å².